The second kappa shape index (κ2) is 6.18. The lowest BCUT2D eigenvalue weighted by Gasteiger charge is -2.39. The van der Waals surface area contributed by atoms with E-state index in [2.05, 4.69) is 29.2 Å². The van der Waals surface area contributed by atoms with Crippen molar-refractivity contribution in [3.05, 3.63) is 0 Å². The van der Waals surface area contributed by atoms with Crippen LogP contribution in [0.3, 0.4) is 0 Å². The number of amides is 1. The zero-order valence-electron chi connectivity index (χ0n) is 10.6. The molecule has 94 valence electrons. The number of nitrogens with one attached hydrogen (secondary N) is 1. The second-order valence-electron chi connectivity index (χ2n) is 4.71. The molecule has 16 heavy (non-hydrogen) atoms. The van der Waals surface area contributed by atoms with Crippen LogP contribution in [0.15, 0.2) is 0 Å². The van der Waals surface area contributed by atoms with Gasteiger partial charge >= 0.3 is 0 Å². The van der Waals surface area contributed by atoms with Gasteiger partial charge in [-0.25, -0.2) is 5.84 Å². The van der Waals surface area contributed by atoms with Crippen LogP contribution in [0.1, 0.15) is 20.3 Å². The van der Waals surface area contributed by atoms with Crippen LogP contribution >= 0.6 is 0 Å². The predicted octanol–water partition coefficient (Wildman–Crippen LogP) is -0.362. The van der Waals surface area contributed by atoms with Gasteiger partial charge in [-0.2, -0.15) is 0 Å². The third-order valence-corrected chi connectivity index (χ3v) is 3.45. The molecule has 0 aromatic carbocycles. The van der Waals surface area contributed by atoms with Crippen molar-refractivity contribution in [3.63, 3.8) is 0 Å². The molecule has 5 heteroatoms. The normalized spacial score (nSPS) is 25.4. The molecule has 0 aliphatic carbocycles. The van der Waals surface area contributed by atoms with Gasteiger partial charge < -0.3 is 4.90 Å². The molecule has 1 rings (SSSR count). The molecule has 0 spiro atoms. The van der Waals surface area contributed by atoms with Crippen LogP contribution < -0.4 is 11.3 Å². The zero-order valence-corrected chi connectivity index (χ0v) is 10.6. The molecule has 0 bridgehead atoms. The molecule has 1 fully saturated rings. The van der Waals surface area contributed by atoms with Gasteiger partial charge in [0.05, 0.1) is 0 Å². The fourth-order valence-electron chi connectivity index (χ4n) is 2.23. The van der Waals surface area contributed by atoms with Gasteiger partial charge in [-0.1, -0.05) is 13.8 Å². The first-order chi connectivity index (χ1) is 7.58. The minimum absolute atomic E-state index is 0.0362. The van der Waals surface area contributed by atoms with Crippen LogP contribution in [0.4, 0.5) is 0 Å². The van der Waals surface area contributed by atoms with Crippen molar-refractivity contribution in [2.24, 2.45) is 11.8 Å². The summed E-state index contributed by atoms with van der Waals surface area (Å²) in [4.78, 5) is 16.1. The standard InChI is InChI=1S/C11H24N4O/c1-4-10-8-15(6-5-14(10)3)7-9(2)11(16)13-12/h9-10H,4-8,12H2,1-3H3,(H,13,16). The average Bonchev–Trinajstić information content (AvgIpc) is 2.30. The van der Waals surface area contributed by atoms with Crippen LogP contribution in [0, 0.1) is 5.92 Å². The summed E-state index contributed by atoms with van der Waals surface area (Å²) in [5.74, 6) is 5.01. The van der Waals surface area contributed by atoms with Crippen molar-refractivity contribution < 1.29 is 4.79 Å². The largest absolute Gasteiger partial charge is 0.301 e. The van der Waals surface area contributed by atoms with Crippen molar-refractivity contribution in [1.29, 1.82) is 0 Å². The number of hydrazine groups is 1. The summed E-state index contributed by atoms with van der Waals surface area (Å²) >= 11 is 0. The number of rotatable bonds is 4. The van der Waals surface area contributed by atoms with Gasteiger partial charge in [-0.3, -0.25) is 15.1 Å². The van der Waals surface area contributed by atoms with Gasteiger partial charge in [0.15, 0.2) is 0 Å². The first-order valence-corrected chi connectivity index (χ1v) is 6.01. The third-order valence-electron chi connectivity index (χ3n) is 3.45. The highest BCUT2D eigenvalue weighted by Crippen LogP contribution is 2.12. The summed E-state index contributed by atoms with van der Waals surface area (Å²) in [7, 11) is 2.17. The summed E-state index contributed by atoms with van der Waals surface area (Å²) < 4.78 is 0. The maximum absolute atomic E-state index is 11.3. The van der Waals surface area contributed by atoms with Crippen LogP contribution in [0.25, 0.3) is 0 Å². The maximum atomic E-state index is 11.3. The maximum Gasteiger partial charge on any atom is 0.237 e. The van der Waals surface area contributed by atoms with E-state index in [4.69, 9.17) is 5.84 Å². The summed E-state index contributed by atoms with van der Waals surface area (Å²) in [5.41, 5.74) is 2.21. The number of piperazine rings is 1. The number of nitrogens with two attached hydrogens (primary N) is 1. The molecule has 0 aromatic rings. The number of hydrogen-bond acceptors (Lipinski definition) is 4. The van der Waals surface area contributed by atoms with Gasteiger partial charge in [0.2, 0.25) is 5.91 Å². The second-order valence-corrected chi connectivity index (χ2v) is 4.71. The Morgan fingerprint density at radius 3 is 2.81 bits per heavy atom. The highest BCUT2D eigenvalue weighted by Gasteiger charge is 2.25. The van der Waals surface area contributed by atoms with Crippen molar-refractivity contribution in [2.75, 3.05) is 33.2 Å². The Kier molecular flexibility index (Phi) is 5.18. The van der Waals surface area contributed by atoms with Crippen LogP contribution in [0.2, 0.25) is 0 Å². The Bertz CT molecular complexity index is 234. The van der Waals surface area contributed by atoms with E-state index in [1.54, 1.807) is 0 Å². The van der Waals surface area contributed by atoms with E-state index in [1.807, 2.05) is 6.92 Å². The Morgan fingerprint density at radius 2 is 2.25 bits per heavy atom. The number of carbonyl (C=O) groups excluding carboxylic acids is 1. The quantitative estimate of drug-likeness (QED) is 0.392. The molecular formula is C11H24N4O. The van der Waals surface area contributed by atoms with Gasteiger partial charge in [-0.05, 0) is 13.5 Å². The number of carbonyl (C=O) groups is 1. The molecular weight excluding hydrogens is 204 g/mol. The number of nitrogens with zero attached hydrogens (tertiary/aromatic N) is 2. The van der Waals surface area contributed by atoms with Crippen LogP contribution in [-0.2, 0) is 4.79 Å². The summed E-state index contributed by atoms with van der Waals surface area (Å²) in [6, 6.07) is 0.613. The molecule has 0 aromatic heterocycles. The Balaban J connectivity index is 2.41. The lowest BCUT2D eigenvalue weighted by molar-refractivity contribution is -0.125. The third kappa shape index (κ3) is 3.43. The molecule has 1 amide bonds. The minimum atomic E-state index is -0.0769. The van der Waals surface area contributed by atoms with Gasteiger partial charge in [0, 0.05) is 38.1 Å². The molecule has 5 nitrogen and oxygen atoms in total. The first kappa shape index (κ1) is 13.4. The van der Waals surface area contributed by atoms with Crippen molar-refractivity contribution in [2.45, 2.75) is 26.3 Å². The van der Waals surface area contributed by atoms with Crippen molar-refractivity contribution >= 4 is 5.91 Å². The van der Waals surface area contributed by atoms with E-state index >= 15 is 0 Å². The molecule has 1 aliphatic heterocycles. The highest BCUT2D eigenvalue weighted by atomic mass is 16.2. The SMILES string of the molecule is CCC1CN(CC(C)C(=O)NN)CCN1C. The van der Waals surface area contributed by atoms with Gasteiger partial charge in [0.25, 0.3) is 0 Å². The van der Waals surface area contributed by atoms with Crippen LogP contribution in [-0.4, -0.2) is 55.0 Å². The van der Waals surface area contributed by atoms with E-state index in [-0.39, 0.29) is 11.8 Å². The van der Waals surface area contributed by atoms with Gasteiger partial charge in [-0.15, -0.1) is 0 Å². The minimum Gasteiger partial charge on any atom is -0.301 e. The van der Waals surface area contributed by atoms with Gasteiger partial charge in [0.1, 0.15) is 0 Å². The van der Waals surface area contributed by atoms with Crippen molar-refractivity contribution in [3.8, 4) is 0 Å². The fourth-order valence-corrected chi connectivity index (χ4v) is 2.23. The Hall–Kier alpha value is -0.650. The van der Waals surface area contributed by atoms with Crippen LogP contribution in [0.5, 0.6) is 0 Å². The monoisotopic (exact) mass is 228 g/mol. The number of likely N-dealkylation sites (N-methyl/N-ethyl adjacent to an activating group) is 1. The average molecular weight is 228 g/mol. The number of hydrogen-bond donors (Lipinski definition) is 2. The zero-order chi connectivity index (χ0) is 12.1. The molecule has 1 aliphatic rings. The molecule has 2 unspecified atom stereocenters. The molecule has 2 atom stereocenters. The first-order valence-electron chi connectivity index (χ1n) is 6.01. The molecule has 3 N–H and O–H groups in total. The highest BCUT2D eigenvalue weighted by molar-refractivity contribution is 5.77. The van der Waals surface area contributed by atoms with E-state index in [1.165, 1.54) is 0 Å². The predicted molar refractivity (Wildman–Crippen MR) is 64.6 cm³/mol. The molecule has 0 radical (unpaired) electrons. The van der Waals surface area contributed by atoms with Crippen molar-refractivity contribution in [1.82, 2.24) is 15.2 Å². The summed E-state index contributed by atoms with van der Waals surface area (Å²) in [5, 5.41) is 0. The van der Waals surface area contributed by atoms with E-state index in [0.29, 0.717) is 6.04 Å². The summed E-state index contributed by atoms with van der Waals surface area (Å²) in [6.45, 7) is 8.09. The fraction of sp³-hybridized carbons (Fsp3) is 0.909. The topological polar surface area (TPSA) is 61.6 Å². The lowest BCUT2D eigenvalue weighted by Crippen LogP contribution is -2.53. The molecule has 1 heterocycles. The lowest BCUT2D eigenvalue weighted by atomic mass is 10.1. The van der Waals surface area contributed by atoms with E-state index in [0.717, 1.165) is 32.6 Å². The molecule has 0 saturated carbocycles. The molecule has 1 saturated heterocycles. The summed E-state index contributed by atoms with van der Waals surface area (Å²) in [6.07, 6.45) is 1.16. The van der Waals surface area contributed by atoms with E-state index in [9.17, 15) is 4.79 Å². The smallest absolute Gasteiger partial charge is 0.237 e. The van der Waals surface area contributed by atoms with E-state index < -0.39 is 0 Å². The Morgan fingerprint density at radius 1 is 1.56 bits per heavy atom. The Labute approximate surface area is 97.9 Å².